The van der Waals surface area contributed by atoms with Crippen molar-refractivity contribution < 1.29 is 47.5 Å². The average molecular weight is 733 g/mol. The first-order valence-electron chi connectivity index (χ1n) is 17.1. The molecular formula is C40H36N4O10. The molecule has 0 saturated carbocycles. The Balaban J connectivity index is 1.09. The van der Waals surface area contributed by atoms with Gasteiger partial charge in [0, 0.05) is 29.8 Å². The van der Waals surface area contributed by atoms with Crippen molar-refractivity contribution in [3.05, 3.63) is 113 Å². The van der Waals surface area contributed by atoms with E-state index in [1.165, 1.54) is 13.2 Å². The number of benzene rings is 3. The third-order valence-corrected chi connectivity index (χ3v) is 9.99. The highest BCUT2D eigenvalue weighted by Gasteiger charge is 2.53. The molecule has 8 rings (SSSR count). The Morgan fingerprint density at radius 3 is 2.28 bits per heavy atom. The molecule has 0 unspecified atom stereocenters. The molecule has 1 fully saturated rings. The van der Waals surface area contributed by atoms with Crippen LogP contribution in [0.4, 0.5) is 0 Å². The van der Waals surface area contributed by atoms with E-state index in [4.69, 9.17) is 37.9 Å². The first-order valence-corrected chi connectivity index (χ1v) is 17.1. The summed E-state index contributed by atoms with van der Waals surface area (Å²) in [4.78, 5) is 30.5. The predicted molar refractivity (Wildman–Crippen MR) is 192 cm³/mol. The van der Waals surface area contributed by atoms with Crippen molar-refractivity contribution in [2.24, 2.45) is 11.8 Å². The second-order valence-electron chi connectivity index (χ2n) is 12.9. The van der Waals surface area contributed by atoms with E-state index in [9.17, 15) is 9.59 Å². The highest BCUT2D eigenvalue weighted by molar-refractivity contribution is 6.07. The van der Waals surface area contributed by atoms with Gasteiger partial charge in [-0.2, -0.15) is 0 Å². The van der Waals surface area contributed by atoms with Crippen molar-refractivity contribution >= 4 is 17.8 Å². The lowest BCUT2D eigenvalue weighted by molar-refractivity contribution is -0.141. The summed E-state index contributed by atoms with van der Waals surface area (Å²) in [7, 11) is 6.17. The maximum absolute atomic E-state index is 13.7. The monoisotopic (exact) mass is 732 g/mol. The number of hydrogen-bond donors (Lipinski definition) is 0. The van der Waals surface area contributed by atoms with Gasteiger partial charge in [-0.05, 0) is 82.9 Å². The largest absolute Gasteiger partial charge is 0.493 e. The van der Waals surface area contributed by atoms with Crippen molar-refractivity contribution in [3.8, 4) is 40.2 Å². The summed E-state index contributed by atoms with van der Waals surface area (Å²) in [5.74, 6) is 1.53. The summed E-state index contributed by atoms with van der Waals surface area (Å²) in [5, 5.41) is 8.97. The molecule has 14 nitrogen and oxygen atoms in total. The minimum absolute atomic E-state index is 0.0594. The Labute approximate surface area is 310 Å². The minimum atomic E-state index is -0.584. The number of nitrogens with zero attached hydrogens (tertiary/aromatic N) is 4. The van der Waals surface area contributed by atoms with Gasteiger partial charge in [0.25, 0.3) is 0 Å². The van der Waals surface area contributed by atoms with Crippen molar-refractivity contribution in [1.82, 2.24) is 20.0 Å². The highest BCUT2D eigenvalue weighted by Crippen LogP contribution is 2.56. The van der Waals surface area contributed by atoms with Crippen LogP contribution in [-0.4, -0.2) is 73.6 Å². The van der Waals surface area contributed by atoms with Crippen LogP contribution in [0.15, 0.2) is 79.3 Å². The van der Waals surface area contributed by atoms with Crippen molar-refractivity contribution in [1.29, 1.82) is 0 Å². The maximum Gasteiger partial charge on any atom is 0.310 e. The Kier molecular flexibility index (Phi) is 9.24. The van der Waals surface area contributed by atoms with E-state index in [0.717, 1.165) is 22.3 Å². The van der Waals surface area contributed by atoms with Crippen LogP contribution in [0.5, 0.6) is 40.2 Å². The Morgan fingerprint density at radius 1 is 0.852 bits per heavy atom. The van der Waals surface area contributed by atoms with Crippen molar-refractivity contribution in [2.45, 2.75) is 18.6 Å². The highest BCUT2D eigenvalue weighted by atomic mass is 16.7. The second-order valence-corrected chi connectivity index (χ2v) is 12.9. The topological polar surface area (TPSA) is 152 Å². The number of methoxy groups -OCH3 is 4. The van der Waals surface area contributed by atoms with Gasteiger partial charge in [0.2, 0.25) is 12.5 Å². The number of allylic oxidation sites excluding steroid dienone is 1. The van der Waals surface area contributed by atoms with E-state index in [1.54, 1.807) is 68.9 Å². The number of carbonyl (C=O) groups excluding carboxylic acids is 2. The molecule has 4 atom stereocenters. The number of rotatable bonds is 12. The van der Waals surface area contributed by atoms with Crippen LogP contribution in [0.2, 0.25) is 0 Å². The number of aromatic nitrogens is 4. The number of ether oxygens (including phenoxy) is 8. The van der Waals surface area contributed by atoms with Crippen molar-refractivity contribution in [3.63, 3.8) is 0 Å². The van der Waals surface area contributed by atoms with Gasteiger partial charge in [0.15, 0.2) is 40.3 Å². The van der Waals surface area contributed by atoms with Gasteiger partial charge >= 0.3 is 5.97 Å². The number of hydrogen-bond acceptors (Lipinski definition) is 13. The molecule has 4 heterocycles. The van der Waals surface area contributed by atoms with Gasteiger partial charge in [-0.25, -0.2) is 4.68 Å². The van der Waals surface area contributed by atoms with Gasteiger partial charge in [0.1, 0.15) is 12.3 Å². The standard InChI is InChI=1S/C40H36N4O10/c1-47-31-13-23(29(45)7-5-22-9-11-41-12-10-22)6-8-30(31)51-19-25-18-44(43-42-25)38-27-17-33-32(53-21-54-33)16-26(27)36(37-28(38)20-52-40(37)46)24-14-34(48-2)39(50-4)35(15-24)49-3/h5-18,28,36-38H,19-21H2,1-4H3/b7-5+/t28-,36+,37-,38-/m0/s1. The maximum atomic E-state index is 13.7. The number of esters is 1. The van der Waals surface area contributed by atoms with Crippen LogP contribution in [0.3, 0.4) is 0 Å². The zero-order chi connectivity index (χ0) is 37.3. The lowest BCUT2D eigenvalue weighted by atomic mass is 9.65. The number of cyclic esters (lactones) is 1. The van der Waals surface area contributed by atoms with E-state index in [1.807, 2.05) is 36.4 Å². The molecule has 0 amide bonds. The van der Waals surface area contributed by atoms with E-state index in [0.29, 0.717) is 51.5 Å². The zero-order valence-corrected chi connectivity index (χ0v) is 29.9. The van der Waals surface area contributed by atoms with Crippen LogP contribution < -0.4 is 33.2 Å². The molecule has 54 heavy (non-hydrogen) atoms. The first kappa shape index (κ1) is 34.5. The smallest absolute Gasteiger partial charge is 0.310 e. The lowest BCUT2D eigenvalue weighted by Crippen LogP contribution is -2.37. The van der Waals surface area contributed by atoms with E-state index in [2.05, 4.69) is 15.3 Å². The zero-order valence-electron chi connectivity index (χ0n) is 29.9. The molecular weight excluding hydrogens is 696 g/mol. The van der Waals surface area contributed by atoms with Crippen LogP contribution >= 0.6 is 0 Å². The quantitative estimate of drug-likeness (QED) is 0.0911. The van der Waals surface area contributed by atoms with E-state index in [-0.39, 0.29) is 37.7 Å². The molecule has 1 saturated heterocycles. The van der Waals surface area contributed by atoms with Gasteiger partial charge in [-0.1, -0.05) is 11.3 Å². The van der Waals surface area contributed by atoms with Crippen LogP contribution in [0.1, 0.15) is 50.3 Å². The average Bonchev–Trinajstić information content (AvgIpc) is 3.97. The number of carbonyl (C=O) groups is 2. The van der Waals surface area contributed by atoms with Crippen LogP contribution in [-0.2, 0) is 16.1 Å². The number of pyridine rings is 1. The molecule has 0 N–H and O–H groups in total. The lowest BCUT2D eigenvalue weighted by Gasteiger charge is -2.39. The molecule has 2 aromatic heterocycles. The van der Waals surface area contributed by atoms with E-state index < -0.39 is 17.9 Å². The molecule has 0 bridgehead atoms. The summed E-state index contributed by atoms with van der Waals surface area (Å²) in [5.41, 5.74) is 4.36. The van der Waals surface area contributed by atoms with Crippen LogP contribution in [0.25, 0.3) is 6.08 Å². The third-order valence-electron chi connectivity index (χ3n) is 9.99. The summed E-state index contributed by atoms with van der Waals surface area (Å²) in [6.07, 6.45) is 8.36. The van der Waals surface area contributed by atoms with Gasteiger partial charge in [-0.3, -0.25) is 14.6 Å². The Morgan fingerprint density at radius 2 is 1.57 bits per heavy atom. The molecule has 276 valence electrons. The number of ketones is 1. The first-order chi connectivity index (χ1) is 26.4. The third kappa shape index (κ3) is 6.18. The molecule has 0 radical (unpaired) electrons. The van der Waals surface area contributed by atoms with Gasteiger partial charge < -0.3 is 37.9 Å². The molecule has 1 aliphatic carbocycles. The normalized spacial score (nSPS) is 19.5. The SMILES string of the molecule is COc1cc(C(=O)/C=C/c2ccncc2)ccc1OCc1cn([C@H]2c3cc4c(cc3[C@@H](c3cc(OC)c(OC)c(OC)c3)[C@H]3C(=O)OC[C@@H]32)OCO4)nn1. The summed E-state index contributed by atoms with van der Waals surface area (Å²) < 4.78 is 47.8. The molecule has 14 heteroatoms. The fourth-order valence-electron chi connectivity index (χ4n) is 7.50. The van der Waals surface area contributed by atoms with E-state index >= 15 is 0 Å². The molecule has 3 aliphatic rings. The Bertz CT molecular complexity index is 2230. The fourth-order valence-corrected chi connectivity index (χ4v) is 7.50. The molecule has 2 aliphatic heterocycles. The molecule has 5 aromatic rings. The Hall–Kier alpha value is -6.57. The van der Waals surface area contributed by atoms with Gasteiger partial charge in [0.05, 0.1) is 53.2 Å². The summed E-state index contributed by atoms with van der Waals surface area (Å²) in [6.45, 7) is 0.316. The van der Waals surface area contributed by atoms with Gasteiger partial charge in [-0.15, -0.1) is 5.10 Å². The molecule has 0 spiro atoms. The van der Waals surface area contributed by atoms with Crippen molar-refractivity contribution in [2.75, 3.05) is 41.8 Å². The number of fused-ring (bicyclic) bond motifs is 3. The summed E-state index contributed by atoms with van der Waals surface area (Å²) in [6, 6.07) is 15.8. The minimum Gasteiger partial charge on any atom is -0.493 e. The summed E-state index contributed by atoms with van der Waals surface area (Å²) >= 11 is 0. The fraction of sp³-hybridized carbons (Fsp3) is 0.275. The van der Waals surface area contributed by atoms with Crippen LogP contribution in [0, 0.1) is 11.8 Å². The predicted octanol–water partition coefficient (Wildman–Crippen LogP) is 5.44. The molecule has 3 aromatic carbocycles. The second kappa shape index (κ2) is 14.5.